The van der Waals surface area contributed by atoms with E-state index in [0.717, 1.165) is 12.8 Å². The van der Waals surface area contributed by atoms with Gasteiger partial charge >= 0.3 is 0 Å². The largest absolute Gasteiger partial charge is 0.483 e. The van der Waals surface area contributed by atoms with Gasteiger partial charge in [0.2, 0.25) is 0 Å². The molecule has 0 saturated carbocycles. The second-order valence-corrected chi connectivity index (χ2v) is 6.60. The molecule has 0 radical (unpaired) electrons. The predicted octanol–water partition coefficient (Wildman–Crippen LogP) is 4.01. The maximum Gasteiger partial charge on any atom is 0.262 e. The highest BCUT2D eigenvalue weighted by Crippen LogP contribution is 2.18. The van der Waals surface area contributed by atoms with Crippen LogP contribution < -0.4 is 15.4 Å². The van der Waals surface area contributed by atoms with Gasteiger partial charge in [0.1, 0.15) is 11.6 Å². The molecule has 2 rings (SSSR count). The summed E-state index contributed by atoms with van der Waals surface area (Å²) in [5.41, 5.74) is 0.447. The van der Waals surface area contributed by atoms with Crippen LogP contribution in [-0.2, 0) is 4.79 Å². The molecule has 0 aliphatic rings. The van der Waals surface area contributed by atoms with Gasteiger partial charge in [-0.15, -0.1) is 0 Å². The fourth-order valence-corrected chi connectivity index (χ4v) is 2.48. The van der Waals surface area contributed by atoms with Gasteiger partial charge in [0, 0.05) is 6.54 Å². The monoisotopic (exact) mass is 372 g/mol. The van der Waals surface area contributed by atoms with Crippen molar-refractivity contribution >= 4 is 17.5 Å². The number of rotatable bonds is 9. The smallest absolute Gasteiger partial charge is 0.262 e. The van der Waals surface area contributed by atoms with Crippen molar-refractivity contribution in [2.24, 2.45) is 5.92 Å². The number of carbonyl (C=O) groups excluding carboxylic acids is 2. The summed E-state index contributed by atoms with van der Waals surface area (Å²) < 4.78 is 19.1. The first-order chi connectivity index (χ1) is 13.0. The maximum atomic E-state index is 13.6. The van der Waals surface area contributed by atoms with Crippen molar-refractivity contribution < 1.29 is 18.7 Å². The molecule has 0 heterocycles. The fraction of sp³-hybridized carbons (Fsp3) is 0.333. The molecule has 0 aromatic heterocycles. The van der Waals surface area contributed by atoms with Crippen molar-refractivity contribution in [3.63, 3.8) is 0 Å². The highest BCUT2D eigenvalue weighted by atomic mass is 19.1. The van der Waals surface area contributed by atoms with Gasteiger partial charge in [-0.1, -0.05) is 38.1 Å². The molecule has 0 saturated heterocycles. The second kappa shape index (κ2) is 10.3. The number of carbonyl (C=O) groups is 2. The lowest BCUT2D eigenvalue weighted by atomic mass is 10.1. The number of hydrogen-bond donors (Lipinski definition) is 2. The summed E-state index contributed by atoms with van der Waals surface area (Å²) in [6.45, 7) is 4.53. The van der Waals surface area contributed by atoms with Gasteiger partial charge in [-0.2, -0.15) is 0 Å². The highest BCUT2D eigenvalue weighted by Gasteiger charge is 2.13. The van der Waals surface area contributed by atoms with Gasteiger partial charge in [-0.05, 0) is 43.0 Å². The van der Waals surface area contributed by atoms with Gasteiger partial charge in [0.15, 0.2) is 6.61 Å². The Bertz CT molecular complexity index is 778. The van der Waals surface area contributed by atoms with Crippen molar-refractivity contribution in [3.05, 3.63) is 59.9 Å². The van der Waals surface area contributed by atoms with E-state index in [1.165, 1.54) is 18.2 Å². The Morgan fingerprint density at radius 2 is 1.78 bits per heavy atom. The molecule has 0 unspecified atom stereocenters. The summed E-state index contributed by atoms with van der Waals surface area (Å²) in [6.07, 6.45) is 1.94. The SMILES string of the molecule is CC(C)CCCNC(=O)c1ccccc1OCC(=O)Nc1ccccc1F. The van der Waals surface area contributed by atoms with Crippen LogP contribution in [0.4, 0.5) is 10.1 Å². The molecule has 0 aliphatic carbocycles. The number of anilines is 1. The molecule has 0 spiro atoms. The predicted molar refractivity (Wildman–Crippen MR) is 103 cm³/mol. The van der Waals surface area contributed by atoms with Crippen LogP contribution in [0.25, 0.3) is 0 Å². The molecule has 5 nitrogen and oxygen atoms in total. The van der Waals surface area contributed by atoms with Crippen LogP contribution in [0.5, 0.6) is 5.75 Å². The molecular formula is C21H25FN2O3. The Morgan fingerprint density at radius 3 is 2.52 bits per heavy atom. The molecule has 27 heavy (non-hydrogen) atoms. The van der Waals surface area contributed by atoms with E-state index in [9.17, 15) is 14.0 Å². The summed E-state index contributed by atoms with van der Waals surface area (Å²) in [5, 5.41) is 5.30. The molecule has 144 valence electrons. The van der Waals surface area contributed by atoms with Gasteiger partial charge in [0.05, 0.1) is 11.3 Å². The van der Waals surface area contributed by atoms with E-state index in [1.807, 2.05) is 0 Å². The third-order valence-corrected chi connectivity index (χ3v) is 3.88. The topological polar surface area (TPSA) is 67.4 Å². The second-order valence-electron chi connectivity index (χ2n) is 6.60. The first kappa shape index (κ1) is 20.4. The number of ether oxygens (including phenoxy) is 1. The van der Waals surface area contributed by atoms with Crippen LogP contribution in [0.15, 0.2) is 48.5 Å². The molecule has 0 atom stereocenters. The molecule has 0 bridgehead atoms. The van der Waals surface area contributed by atoms with E-state index in [0.29, 0.717) is 23.8 Å². The van der Waals surface area contributed by atoms with Crippen LogP contribution in [0.2, 0.25) is 0 Å². The zero-order valence-corrected chi connectivity index (χ0v) is 15.6. The number of para-hydroxylation sites is 2. The molecule has 0 aliphatic heterocycles. The quantitative estimate of drug-likeness (QED) is 0.654. The Morgan fingerprint density at radius 1 is 1.07 bits per heavy atom. The third-order valence-electron chi connectivity index (χ3n) is 3.88. The summed E-state index contributed by atoms with van der Waals surface area (Å²) in [6, 6.07) is 12.6. The minimum absolute atomic E-state index is 0.0854. The average Bonchev–Trinajstić information content (AvgIpc) is 2.65. The first-order valence-corrected chi connectivity index (χ1v) is 9.01. The van der Waals surface area contributed by atoms with Crippen LogP contribution in [0, 0.1) is 11.7 Å². The molecule has 2 amide bonds. The van der Waals surface area contributed by atoms with Crippen molar-refractivity contribution in [1.82, 2.24) is 5.32 Å². The van der Waals surface area contributed by atoms with Gasteiger partial charge in [-0.3, -0.25) is 9.59 Å². The number of hydrogen-bond acceptors (Lipinski definition) is 3. The molecule has 6 heteroatoms. The fourth-order valence-electron chi connectivity index (χ4n) is 2.48. The van der Waals surface area contributed by atoms with Gasteiger partial charge in [0.25, 0.3) is 11.8 Å². The molecular weight excluding hydrogens is 347 g/mol. The number of nitrogens with one attached hydrogen (secondary N) is 2. The van der Waals surface area contributed by atoms with Crippen molar-refractivity contribution in [2.45, 2.75) is 26.7 Å². The van der Waals surface area contributed by atoms with E-state index in [4.69, 9.17) is 4.74 Å². The zero-order chi connectivity index (χ0) is 19.6. The first-order valence-electron chi connectivity index (χ1n) is 9.01. The van der Waals surface area contributed by atoms with E-state index < -0.39 is 11.7 Å². The van der Waals surface area contributed by atoms with Crippen LogP contribution in [-0.4, -0.2) is 25.0 Å². The maximum absolute atomic E-state index is 13.6. The standard InChI is InChI=1S/C21H25FN2O3/c1-15(2)8-7-13-23-21(26)16-9-3-6-12-19(16)27-14-20(25)24-18-11-5-4-10-17(18)22/h3-6,9-12,15H,7-8,13-14H2,1-2H3,(H,23,26)(H,24,25). The van der Waals surface area contributed by atoms with Crippen molar-refractivity contribution in [2.75, 3.05) is 18.5 Å². The van der Waals surface area contributed by atoms with Crippen LogP contribution in [0.1, 0.15) is 37.0 Å². The van der Waals surface area contributed by atoms with E-state index >= 15 is 0 Å². The Hall–Kier alpha value is -2.89. The minimum atomic E-state index is -0.521. The van der Waals surface area contributed by atoms with Crippen molar-refractivity contribution in [3.8, 4) is 5.75 Å². The minimum Gasteiger partial charge on any atom is -0.483 e. The third kappa shape index (κ3) is 6.73. The van der Waals surface area contributed by atoms with E-state index in [2.05, 4.69) is 24.5 Å². The summed E-state index contributed by atoms with van der Waals surface area (Å²) in [4.78, 5) is 24.3. The van der Waals surface area contributed by atoms with E-state index in [-0.39, 0.29) is 18.2 Å². The number of benzene rings is 2. The summed E-state index contributed by atoms with van der Waals surface area (Å²) in [7, 11) is 0. The highest BCUT2D eigenvalue weighted by molar-refractivity contribution is 5.97. The number of amides is 2. The molecule has 2 aromatic rings. The van der Waals surface area contributed by atoms with Gasteiger partial charge < -0.3 is 15.4 Å². The van der Waals surface area contributed by atoms with Crippen molar-refractivity contribution in [1.29, 1.82) is 0 Å². The lowest BCUT2D eigenvalue weighted by Gasteiger charge is -2.12. The Balaban J connectivity index is 1.90. The molecule has 2 N–H and O–H groups in total. The van der Waals surface area contributed by atoms with Gasteiger partial charge in [-0.25, -0.2) is 4.39 Å². The summed E-state index contributed by atoms with van der Waals surface area (Å²) >= 11 is 0. The lowest BCUT2D eigenvalue weighted by molar-refractivity contribution is -0.118. The van der Waals surface area contributed by atoms with E-state index in [1.54, 1.807) is 30.3 Å². The van der Waals surface area contributed by atoms with Crippen LogP contribution >= 0.6 is 0 Å². The normalized spacial score (nSPS) is 10.5. The summed E-state index contributed by atoms with van der Waals surface area (Å²) in [5.74, 6) is -0.379. The average molecular weight is 372 g/mol. The number of halogens is 1. The Labute approximate surface area is 158 Å². The Kier molecular flexibility index (Phi) is 7.79. The zero-order valence-electron chi connectivity index (χ0n) is 15.6. The molecule has 0 fully saturated rings. The van der Waals surface area contributed by atoms with Crippen LogP contribution in [0.3, 0.4) is 0 Å². The molecule has 2 aromatic carbocycles. The lowest BCUT2D eigenvalue weighted by Crippen LogP contribution is -2.26.